The lowest BCUT2D eigenvalue weighted by atomic mass is 10.2. The number of hydrogen-bond acceptors (Lipinski definition) is 3. The van der Waals surface area contributed by atoms with Gasteiger partial charge in [-0.2, -0.15) is 0 Å². The van der Waals surface area contributed by atoms with Crippen molar-refractivity contribution in [2.45, 2.75) is 0 Å². The highest BCUT2D eigenvalue weighted by atomic mass is 35.5. The Kier molecular flexibility index (Phi) is 5.75. The van der Waals surface area contributed by atoms with E-state index in [2.05, 4.69) is 5.32 Å². The highest BCUT2D eigenvalue weighted by molar-refractivity contribution is 6.30. The minimum Gasteiger partial charge on any atom is -0.488 e. The van der Waals surface area contributed by atoms with E-state index in [4.69, 9.17) is 16.3 Å². The molecule has 136 valence electrons. The summed E-state index contributed by atoms with van der Waals surface area (Å²) >= 11 is 5.84. The van der Waals surface area contributed by atoms with E-state index in [-0.39, 0.29) is 24.9 Å². The van der Waals surface area contributed by atoms with E-state index in [0.717, 1.165) is 16.3 Å². The van der Waals surface area contributed by atoms with Gasteiger partial charge in [0.25, 0.3) is 5.91 Å². The van der Waals surface area contributed by atoms with Gasteiger partial charge in [0.2, 0.25) is 5.91 Å². The molecule has 2 aromatic carbocycles. The number of carbonyl (C=O) groups excluding carboxylic acids is 2. The molecular weight excluding hydrogens is 354 g/mol. The SMILES string of the molecule is C[NH+](CCOc1ccc(Cl)cc1)CC(=O)N1CC(=O)Nc2ccccc21. The first kappa shape index (κ1) is 18.2. The third kappa shape index (κ3) is 4.53. The van der Waals surface area contributed by atoms with Crippen molar-refractivity contribution in [3.8, 4) is 5.75 Å². The maximum Gasteiger partial charge on any atom is 0.282 e. The molecule has 3 rings (SSSR count). The molecule has 2 aromatic rings. The van der Waals surface area contributed by atoms with Crippen LogP contribution < -0.4 is 19.9 Å². The van der Waals surface area contributed by atoms with Gasteiger partial charge in [0.1, 0.15) is 25.4 Å². The van der Waals surface area contributed by atoms with Crippen molar-refractivity contribution in [3.63, 3.8) is 0 Å². The molecule has 0 fully saturated rings. The van der Waals surface area contributed by atoms with E-state index >= 15 is 0 Å². The van der Waals surface area contributed by atoms with Crippen molar-refractivity contribution in [2.24, 2.45) is 0 Å². The fourth-order valence-electron chi connectivity index (χ4n) is 2.77. The second-order valence-corrected chi connectivity index (χ2v) is 6.67. The molecule has 1 atom stereocenters. The lowest BCUT2D eigenvalue weighted by molar-refractivity contribution is -0.871. The Morgan fingerprint density at radius 1 is 1.23 bits per heavy atom. The van der Waals surface area contributed by atoms with Gasteiger partial charge in [-0.05, 0) is 36.4 Å². The second kappa shape index (κ2) is 8.21. The number of benzene rings is 2. The van der Waals surface area contributed by atoms with E-state index in [1.54, 1.807) is 18.2 Å². The fourth-order valence-corrected chi connectivity index (χ4v) is 2.90. The quantitative estimate of drug-likeness (QED) is 0.799. The average molecular weight is 375 g/mol. The Morgan fingerprint density at radius 3 is 2.73 bits per heavy atom. The number of anilines is 2. The van der Waals surface area contributed by atoms with E-state index in [1.807, 2.05) is 37.4 Å². The molecule has 0 aromatic heterocycles. The number of halogens is 1. The molecule has 1 aliphatic rings. The van der Waals surface area contributed by atoms with Crippen LogP contribution in [0, 0.1) is 0 Å². The minimum atomic E-state index is -0.180. The van der Waals surface area contributed by atoms with E-state index in [1.165, 1.54) is 4.90 Å². The lowest BCUT2D eigenvalue weighted by Crippen LogP contribution is -3.10. The first-order valence-electron chi connectivity index (χ1n) is 8.42. The summed E-state index contributed by atoms with van der Waals surface area (Å²) in [6, 6.07) is 14.5. The van der Waals surface area contributed by atoms with Crippen molar-refractivity contribution in [1.82, 2.24) is 0 Å². The highest BCUT2D eigenvalue weighted by Gasteiger charge is 2.28. The second-order valence-electron chi connectivity index (χ2n) is 6.23. The number of nitrogens with zero attached hydrogens (tertiary/aromatic N) is 1. The molecule has 1 heterocycles. The number of para-hydroxylation sites is 2. The molecule has 1 aliphatic heterocycles. The normalized spacial score (nSPS) is 14.4. The number of likely N-dealkylation sites (N-methyl/N-ethyl adjacent to an activating group) is 1. The summed E-state index contributed by atoms with van der Waals surface area (Å²) in [7, 11) is 1.93. The summed E-state index contributed by atoms with van der Waals surface area (Å²) < 4.78 is 5.66. The van der Waals surface area contributed by atoms with Crippen LogP contribution in [0.3, 0.4) is 0 Å². The van der Waals surface area contributed by atoms with Crippen molar-refractivity contribution in [1.29, 1.82) is 0 Å². The van der Waals surface area contributed by atoms with Gasteiger partial charge < -0.3 is 15.0 Å². The predicted octanol–water partition coefficient (Wildman–Crippen LogP) is 1.22. The molecule has 0 saturated carbocycles. The van der Waals surface area contributed by atoms with Crippen molar-refractivity contribution >= 4 is 34.8 Å². The molecule has 0 bridgehead atoms. The Bertz CT molecular complexity index is 795. The van der Waals surface area contributed by atoms with Crippen molar-refractivity contribution in [3.05, 3.63) is 53.6 Å². The molecule has 2 N–H and O–H groups in total. The number of nitrogens with one attached hydrogen (secondary N) is 2. The number of amides is 2. The van der Waals surface area contributed by atoms with Crippen LogP contribution >= 0.6 is 11.6 Å². The monoisotopic (exact) mass is 374 g/mol. The Labute approximate surface area is 157 Å². The van der Waals surface area contributed by atoms with Crippen LogP contribution in [0.25, 0.3) is 0 Å². The van der Waals surface area contributed by atoms with Crippen LogP contribution in [0.4, 0.5) is 11.4 Å². The molecule has 0 aliphatic carbocycles. The van der Waals surface area contributed by atoms with Gasteiger partial charge in [-0.15, -0.1) is 0 Å². The van der Waals surface area contributed by atoms with Crippen LogP contribution in [0.1, 0.15) is 0 Å². The molecule has 0 spiro atoms. The Morgan fingerprint density at radius 2 is 1.96 bits per heavy atom. The number of fused-ring (bicyclic) bond motifs is 1. The van der Waals surface area contributed by atoms with Crippen LogP contribution in [-0.2, 0) is 9.59 Å². The Hall–Kier alpha value is -2.57. The van der Waals surface area contributed by atoms with E-state index in [0.29, 0.717) is 23.9 Å². The lowest BCUT2D eigenvalue weighted by Gasteiger charge is -2.29. The molecule has 26 heavy (non-hydrogen) atoms. The van der Waals surface area contributed by atoms with Crippen LogP contribution in [0.15, 0.2) is 48.5 Å². The van der Waals surface area contributed by atoms with Gasteiger partial charge in [0.15, 0.2) is 6.54 Å². The van der Waals surface area contributed by atoms with Gasteiger partial charge >= 0.3 is 0 Å². The molecule has 7 heteroatoms. The van der Waals surface area contributed by atoms with Crippen molar-refractivity contribution in [2.75, 3.05) is 43.5 Å². The van der Waals surface area contributed by atoms with Gasteiger partial charge in [-0.25, -0.2) is 0 Å². The first-order valence-corrected chi connectivity index (χ1v) is 8.79. The summed E-state index contributed by atoms with van der Waals surface area (Å²) in [5, 5.41) is 3.45. The molecule has 2 amide bonds. The van der Waals surface area contributed by atoms with Gasteiger partial charge in [-0.3, -0.25) is 14.5 Å². The third-order valence-electron chi connectivity index (χ3n) is 4.14. The maximum atomic E-state index is 12.7. The summed E-state index contributed by atoms with van der Waals surface area (Å²) in [5.41, 5.74) is 1.41. The van der Waals surface area contributed by atoms with Gasteiger partial charge in [0.05, 0.1) is 18.4 Å². The zero-order valence-electron chi connectivity index (χ0n) is 14.5. The highest BCUT2D eigenvalue weighted by Crippen LogP contribution is 2.28. The Balaban J connectivity index is 1.53. The molecule has 0 saturated heterocycles. The molecule has 0 radical (unpaired) electrons. The largest absolute Gasteiger partial charge is 0.488 e. The van der Waals surface area contributed by atoms with E-state index < -0.39 is 0 Å². The summed E-state index contributed by atoms with van der Waals surface area (Å²) in [4.78, 5) is 27.0. The molecular formula is C19H21ClN3O3+. The van der Waals surface area contributed by atoms with Gasteiger partial charge in [0, 0.05) is 5.02 Å². The third-order valence-corrected chi connectivity index (χ3v) is 4.39. The average Bonchev–Trinajstić information content (AvgIpc) is 2.62. The zero-order chi connectivity index (χ0) is 18.5. The fraction of sp³-hybridized carbons (Fsp3) is 0.263. The topological polar surface area (TPSA) is 63.1 Å². The minimum absolute atomic E-state index is 0.0460. The summed E-state index contributed by atoms with van der Waals surface area (Å²) in [5.74, 6) is 0.479. The van der Waals surface area contributed by atoms with Crippen LogP contribution in [0.5, 0.6) is 5.75 Å². The number of quaternary nitrogens is 1. The zero-order valence-corrected chi connectivity index (χ0v) is 15.3. The molecule has 1 unspecified atom stereocenters. The number of ether oxygens (including phenoxy) is 1. The number of rotatable bonds is 6. The van der Waals surface area contributed by atoms with Crippen LogP contribution in [-0.4, -0.2) is 45.1 Å². The number of hydrogen-bond donors (Lipinski definition) is 2. The predicted molar refractivity (Wildman–Crippen MR) is 101 cm³/mol. The van der Waals surface area contributed by atoms with Crippen LogP contribution in [0.2, 0.25) is 5.02 Å². The summed E-state index contributed by atoms with van der Waals surface area (Å²) in [6.45, 7) is 1.48. The first-order chi connectivity index (χ1) is 12.5. The van der Waals surface area contributed by atoms with Gasteiger partial charge in [-0.1, -0.05) is 23.7 Å². The van der Waals surface area contributed by atoms with Crippen molar-refractivity contribution < 1.29 is 19.2 Å². The van der Waals surface area contributed by atoms with E-state index in [9.17, 15) is 9.59 Å². The smallest absolute Gasteiger partial charge is 0.282 e. The standard InChI is InChI=1S/C19H20ClN3O3/c1-22(10-11-26-15-8-6-14(20)7-9-15)13-19(25)23-12-18(24)21-16-4-2-3-5-17(16)23/h2-9H,10-13H2,1H3,(H,21,24)/p+1. The maximum absolute atomic E-state index is 12.7. The number of carbonyl (C=O) groups is 2. The summed E-state index contributed by atoms with van der Waals surface area (Å²) in [6.07, 6.45) is 0. The molecule has 6 nitrogen and oxygen atoms in total.